The number of H-pyrrole nitrogens is 1. The molecule has 4 aromatic rings. The summed E-state index contributed by atoms with van der Waals surface area (Å²) in [4.78, 5) is 15.1. The predicted octanol–water partition coefficient (Wildman–Crippen LogP) is 6.49. The summed E-state index contributed by atoms with van der Waals surface area (Å²) in [5, 5.41) is 15.5. The molecule has 1 aromatic heterocycles. The number of aliphatic carboxylic acids is 1. The normalized spacial score (nSPS) is 12.1. The molecule has 0 spiro atoms. The van der Waals surface area contributed by atoms with Gasteiger partial charge in [0, 0.05) is 56.3 Å². The number of carboxylic acids is 1. The molecule has 0 unspecified atom stereocenters. The van der Waals surface area contributed by atoms with Crippen molar-refractivity contribution < 1.29 is 14.6 Å². The van der Waals surface area contributed by atoms with Crippen molar-refractivity contribution in [2.24, 2.45) is 0 Å². The average molecular weight is 504 g/mol. The number of aromatic amines is 1. The van der Waals surface area contributed by atoms with Crippen LogP contribution in [0.5, 0.6) is 5.75 Å². The minimum Gasteiger partial charge on any atom is -0.489 e. The molecule has 5 nitrogen and oxygen atoms in total. The third-order valence-corrected chi connectivity index (χ3v) is 6.18. The number of aromatic nitrogens is 1. The van der Waals surface area contributed by atoms with Gasteiger partial charge in [-0.15, -0.1) is 0 Å². The van der Waals surface area contributed by atoms with Crippen LogP contribution < -0.4 is 10.1 Å². The molecule has 33 heavy (non-hydrogen) atoms. The Kier molecular flexibility index (Phi) is 7.46. The van der Waals surface area contributed by atoms with E-state index in [1.54, 1.807) is 36.4 Å². The van der Waals surface area contributed by atoms with Crippen LogP contribution >= 0.6 is 34.8 Å². The number of hydrogen-bond acceptors (Lipinski definition) is 3. The van der Waals surface area contributed by atoms with Gasteiger partial charge in [0.2, 0.25) is 0 Å². The molecular formula is C25H21Cl3N2O3. The van der Waals surface area contributed by atoms with E-state index in [0.717, 1.165) is 27.6 Å². The number of halogens is 3. The van der Waals surface area contributed by atoms with E-state index in [2.05, 4.69) is 10.3 Å². The molecule has 3 N–H and O–H groups in total. The summed E-state index contributed by atoms with van der Waals surface area (Å²) in [5.74, 6) is -0.341. The second-order valence-electron chi connectivity index (χ2n) is 7.61. The highest BCUT2D eigenvalue weighted by Gasteiger charge is 2.20. The molecule has 1 atom stereocenters. The SMILES string of the molecule is O=C(O)[C@@H](Cc1c[nH]c2ccccc12)NCc1cc(Cl)ccc1OCc1ccc(Cl)cc1Cl. The van der Waals surface area contributed by atoms with Crippen LogP contribution in [0.15, 0.2) is 66.9 Å². The molecular weight excluding hydrogens is 483 g/mol. The lowest BCUT2D eigenvalue weighted by Crippen LogP contribution is -2.38. The zero-order valence-electron chi connectivity index (χ0n) is 17.4. The molecule has 0 saturated carbocycles. The molecule has 0 radical (unpaired) electrons. The third-order valence-electron chi connectivity index (χ3n) is 5.36. The van der Waals surface area contributed by atoms with Crippen LogP contribution in [0.3, 0.4) is 0 Å². The van der Waals surface area contributed by atoms with Gasteiger partial charge in [0.15, 0.2) is 0 Å². The Morgan fingerprint density at radius 1 is 0.970 bits per heavy atom. The summed E-state index contributed by atoms with van der Waals surface area (Å²) in [6.45, 7) is 0.506. The summed E-state index contributed by atoms with van der Waals surface area (Å²) < 4.78 is 5.98. The number of rotatable bonds is 9. The van der Waals surface area contributed by atoms with Crippen molar-refractivity contribution in [3.63, 3.8) is 0 Å². The van der Waals surface area contributed by atoms with Crippen molar-refractivity contribution >= 4 is 51.7 Å². The Balaban J connectivity index is 1.47. The quantitative estimate of drug-likeness (QED) is 0.244. The Morgan fingerprint density at radius 2 is 1.73 bits per heavy atom. The lowest BCUT2D eigenvalue weighted by molar-refractivity contribution is -0.139. The van der Waals surface area contributed by atoms with E-state index in [1.165, 1.54) is 0 Å². The van der Waals surface area contributed by atoms with Crippen LogP contribution in [0, 0.1) is 0 Å². The second kappa shape index (κ2) is 10.5. The van der Waals surface area contributed by atoms with Gasteiger partial charge in [-0.1, -0.05) is 59.1 Å². The summed E-state index contributed by atoms with van der Waals surface area (Å²) >= 11 is 18.4. The highest BCUT2D eigenvalue weighted by Crippen LogP contribution is 2.27. The fourth-order valence-electron chi connectivity index (χ4n) is 3.62. The fraction of sp³-hybridized carbons (Fsp3) is 0.160. The Morgan fingerprint density at radius 3 is 2.52 bits per heavy atom. The number of carbonyl (C=O) groups is 1. The number of ether oxygens (including phenoxy) is 1. The second-order valence-corrected chi connectivity index (χ2v) is 8.89. The van der Waals surface area contributed by atoms with Crippen LogP contribution in [-0.2, 0) is 24.4 Å². The molecule has 1 heterocycles. The van der Waals surface area contributed by atoms with Gasteiger partial charge in [0.25, 0.3) is 0 Å². The number of benzene rings is 3. The van der Waals surface area contributed by atoms with E-state index in [-0.39, 0.29) is 13.2 Å². The molecule has 3 aromatic carbocycles. The van der Waals surface area contributed by atoms with Gasteiger partial charge in [-0.25, -0.2) is 0 Å². The number of carboxylic acid groups (broad SMARTS) is 1. The van der Waals surface area contributed by atoms with Crippen molar-refractivity contribution in [1.82, 2.24) is 10.3 Å². The molecule has 8 heteroatoms. The summed E-state index contributed by atoms with van der Waals surface area (Å²) in [6.07, 6.45) is 2.18. The van der Waals surface area contributed by atoms with Gasteiger partial charge in [-0.05, 0) is 42.0 Å². The van der Waals surface area contributed by atoms with Crippen molar-refractivity contribution in [3.05, 3.63) is 98.6 Å². The minimum absolute atomic E-state index is 0.238. The van der Waals surface area contributed by atoms with E-state index < -0.39 is 12.0 Å². The van der Waals surface area contributed by atoms with Crippen LogP contribution in [-0.4, -0.2) is 22.1 Å². The van der Waals surface area contributed by atoms with Gasteiger partial charge in [-0.3, -0.25) is 10.1 Å². The Bertz CT molecular complexity index is 1290. The minimum atomic E-state index is -0.933. The van der Waals surface area contributed by atoms with Crippen LogP contribution in [0.25, 0.3) is 10.9 Å². The molecule has 0 aliphatic rings. The standard InChI is InChI=1S/C25H21Cl3N2O3/c26-18-7-8-24(33-14-15-5-6-19(27)11-21(15)28)17(9-18)13-30-23(25(31)32)10-16-12-29-22-4-2-1-3-20(16)22/h1-9,11-12,23,29-30H,10,13-14H2,(H,31,32)/t23-/m1/s1. The predicted molar refractivity (Wildman–Crippen MR) is 133 cm³/mol. The first-order chi connectivity index (χ1) is 15.9. The van der Waals surface area contributed by atoms with Gasteiger partial charge >= 0.3 is 5.97 Å². The van der Waals surface area contributed by atoms with Crippen LogP contribution in [0.4, 0.5) is 0 Å². The maximum absolute atomic E-state index is 12.0. The molecule has 4 rings (SSSR count). The first-order valence-electron chi connectivity index (χ1n) is 10.3. The van der Waals surface area contributed by atoms with E-state index in [9.17, 15) is 9.90 Å². The van der Waals surface area contributed by atoms with Crippen LogP contribution in [0.2, 0.25) is 15.1 Å². The van der Waals surface area contributed by atoms with E-state index in [4.69, 9.17) is 39.5 Å². The van der Waals surface area contributed by atoms with Gasteiger partial charge in [0.05, 0.1) is 0 Å². The summed E-state index contributed by atoms with van der Waals surface area (Å²) in [6, 6.07) is 17.5. The number of hydrogen-bond donors (Lipinski definition) is 3. The van der Waals surface area contributed by atoms with Crippen molar-refractivity contribution in [1.29, 1.82) is 0 Å². The average Bonchev–Trinajstić information content (AvgIpc) is 3.19. The molecule has 0 aliphatic carbocycles. The zero-order valence-corrected chi connectivity index (χ0v) is 19.7. The molecule has 0 saturated heterocycles. The van der Waals surface area contributed by atoms with Gasteiger partial charge in [-0.2, -0.15) is 0 Å². The van der Waals surface area contributed by atoms with E-state index >= 15 is 0 Å². The van der Waals surface area contributed by atoms with Gasteiger partial charge in [0.1, 0.15) is 18.4 Å². The first-order valence-corrected chi connectivity index (χ1v) is 11.4. The lowest BCUT2D eigenvalue weighted by Gasteiger charge is -2.17. The Hall–Kier alpha value is -2.70. The molecule has 0 amide bonds. The maximum atomic E-state index is 12.0. The topological polar surface area (TPSA) is 74.3 Å². The highest BCUT2D eigenvalue weighted by molar-refractivity contribution is 6.35. The van der Waals surface area contributed by atoms with Crippen molar-refractivity contribution in [3.8, 4) is 5.75 Å². The van der Waals surface area contributed by atoms with E-state index in [0.29, 0.717) is 27.2 Å². The van der Waals surface area contributed by atoms with E-state index in [1.807, 2.05) is 30.5 Å². The molecule has 0 aliphatic heterocycles. The number of fused-ring (bicyclic) bond motifs is 1. The number of para-hydroxylation sites is 1. The Labute approximate surface area is 206 Å². The first kappa shape index (κ1) is 23.5. The van der Waals surface area contributed by atoms with Gasteiger partial charge < -0.3 is 14.8 Å². The largest absolute Gasteiger partial charge is 0.489 e. The van der Waals surface area contributed by atoms with Crippen molar-refractivity contribution in [2.45, 2.75) is 25.6 Å². The molecule has 170 valence electrons. The summed E-state index contributed by atoms with van der Waals surface area (Å²) in [5.41, 5.74) is 3.45. The molecule has 0 bridgehead atoms. The number of nitrogens with one attached hydrogen (secondary N) is 2. The fourth-order valence-corrected chi connectivity index (χ4v) is 4.28. The third kappa shape index (κ3) is 5.81. The highest BCUT2D eigenvalue weighted by atomic mass is 35.5. The maximum Gasteiger partial charge on any atom is 0.321 e. The smallest absolute Gasteiger partial charge is 0.321 e. The molecule has 0 fully saturated rings. The summed E-state index contributed by atoms with van der Waals surface area (Å²) in [7, 11) is 0. The monoisotopic (exact) mass is 502 g/mol. The zero-order chi connectivity index (χ0) is 23.4. The van der Waals surface area contributed by atoms with Crippen molar-refractivity contribution in [2.75, 3.05) is 0 Å². The van der Waals surface area contributed by atoms with Crippen LogP contribution in [0.1, 0.15) is 16.7 Å². The lowest BCUT2D eigenvalue weighted by atomic mass is 10.0.